The summed E-state index contributed by atoms with van der Waals surface area (Å²) in [7, 11) is 1.91. The molecule has 0 unspecified atom stereocenters. The number of nitrogens with one attached hydrogen (secondary N) is 1. The van der Waals surface area contributed by atoms with E-state index in [0.717, 1.165) is 28.9 Å². The van der Waals surface area contributed by atoms with Crippen molar-refractivity contribution in [3.8, 4) is 11.4 Å². The molecule has 5 nitrogen and oxygen atoms in total. The normalized spacial score (nSPS) is 25.7. The van der Waals surface area contributed by atoms with Crippen LogP contribution in [0.5, 0.6) is 0 Å². The highest BCUT2D eigenvalue weighted by molar-refractivity contribution is 5.91. The van der Waals surface area contributed by atoms with Crippen LogP contribution in [0.25, 0.3) is 11.4 Å². The molecule has 3 atom stereocenters. The Balaban J connectivity index is 1.42. The molecule has 1 aromatic heterocycles. The maximum atomic E-state index is 12.4. The number of aromatic nitrogens is 3. The van der Waals surface area contributed by atoms with E-state index >= 15 is 0 Å². The van der Waals surface area contributed by atoms with E-state index in [1.54, 1.807) is 6.33 Å². The second-order valence-electron chi connectivity index (χ2n) is 7.03. The van der Waals surface area contributed by atoms with Crippen LogP contribution in [0.3, 0.4) is 0 Å². The highest BCUT2D eigenvalue weighted by atomic mass is 16.1. The molecule has 23 heavy (non-hydrogen) atoms. The third-order valence-electron chi connectivity index (χ3n) is 5.45. The van der Waals surface area contributed by atoms with Gasteiger partial charge in [0, 0.05) is 24.7 Å². The highest BCUT2D eigenvalue weighted by Gasteiger charge is 2.40. The third kappa shape index (κ3) is 2.87. The van der Waals surface area contributed by atoms with Crippen molar-refractivity contribution in [2.75, 3.05) is 5.32 Å². The van der Waals surface area contributed by atoms with E-state index in [1.807, 2.05) is 35.9 Å². The van der Waals surface area contributed by atoms with Gasteiger partial charge in [-0.1, -0.05) is 18.6 Å². The van der Waals surface area contributed by atoms with E-state index in [0.29, 0.717) is 12.3 Å². The highest BCUT2D eigenvalue weighted by Crippen LogP contribution is 2.49. The maximum Gasteiger partial charge on any atom is 0.224 e. The first-order valence-corrected chi connectivity index (χ1v) is 8.43. The molecule has 5 heteroatoms. The number of benzene rings is 1. The average Bonchev–Trinajstić information content (AvgIpc) is 3.24. The largest absolute Gasteiger partial charge is 0.326 e. The summed E-state index contributed by atoms with van der Waals surface area (Å²) in [6.45, 7) is 0. The zero-order valence-electron chi connectivity index (χ0n) is 13.4. The number of carbonyl (C=O) groups is 1. The maximum absolute atomic E-state index is 12.4. The summed E-state index contributed by atoms with van der Waals surface area (Å²) in [4.78, 5) is 12.4. The third-order valence-corrected chi connectivity index (χ3v) is 5.45. The van der Waals surface area contributed by atoms with Gasteiger partial charge >= 0.3 is 0 Å². The molecule has 120 valence electrons. The molecule has 1 aromatic carbocycles. The van der Waals surface area contributed by atoms with Crippen molar-refractivity contribution in [2.45, 2.75) is 32.1 Å². The van der Waals surface area contributed by atoms with Gasteiger partial charge in [-0.25, -0.2) is 0 Å². The predicted octanol–water partition coefficient (Wildman–Crippen LogP) is 3.25. The van der Waals surface area contributed by atoms with Crippen molar-refractivity contribution in [2.24, 2.45) is 24.8 Å². The second-order valence-corrected chi connectivity index (χ2v) is 7.03. The lowest BCUT2D eigenvalue weighted by Crippen LogP contribution is -2.20. The molecule has 1 N–H and O–H groups in total. The molecule has 0 aliphatic heterocycles. The Hall–Kier alpha value is -2.17. The minimum absolute atomic E-state index is 0.137. The van der Waals surface area contributed by atoms with Gasteiger partial charge in [-0.2, -0.15) is 0 Å². The summed E-state index contributed by atoms with van der Waals surface area (Å²) < 4.78 is 1.87. The fourth-order valence-corrected chi connectivity index (χ4v) is 4.36. The van der Waals surface area contributed by atoms with Crippen LogP contribution in [0.1, 0.15) is 32.1 Å². The minimum atomic E-state index is 0.137. The minimum Gasteiger partial charge on any atom is -0.326 e. The predicted molar refractivity (Wildman–Crippen MR) is 88.6 cm³/mol. The zero-order valence-corrected chi connectivity index (χ0v) is 13.4. The van der Waals surface area contributed by atoms with Crippen LogP contribution in [0.15, 0.2) is 30.6 Å². The van der Waals surface area contributed by atoms with Crippen molar-refractivity contribution in [1.29, 1.82) is 0 Å². The van der Waals surface area contributed by atoms with E-state index in [9.17, 15) is 4.79 Å². The Labute approximate surface area is 136 Å². The smallest absolute Gasteiger partial charge is 0.224 e. The van der Waals surface area contributed by atoms with Crippen molar-refractivity contribution in [3.63, 3.8) is 0 Å². The van der Waals surface area contributed by atoms with Crippen molar-refractivity contribution in [1.82, 2.24) is 14.8 Å². The lowest BCUT2D eigenvalue weighted by Gasteiger charge is -2.20. The molecule has 1 amide bonds. The van der Waals surface area contributed by atoms with E-state index in [-0.39, 0.29) is 5.91 Å². The first-order valence-electron chi connectivity index (χ1n) is 8.43. The quantitative estimate of drug-likeness (QED) is 0.943. The number of carbonyl (C=O) groups excluding carboxylic acids is 1. The van der Waals surface area contributed by atoms with E-state index in [4.69, 9.17) is 0 Å². The Morgan fingerprint density at radius 2 is 2.26 bits per heavy atom. The van der Waals surface area contributed by atoms with Crippen molar-refractivity contribution < 1.29 is 4.79 Å². The topological polar surface area (TPSA) is 59.8 Å². The van der Waals surface area contributed by atoms with Gasteiger partial charge in [-0.15, -0.1) is 10.2 Å². The first kappa shape index (κ1) is 14.4. The number of hydrogen-bond acceptors (Lipinski definition) is 3. The van der Waals surface area contributed by atoms with Crippen LogP contribution >= 0.6 is 0 Å². The number of rotatable bonds is 4. The molecule has 0 radical (unpaired) electrons. The average molecular weight is 310 g/mol. The molecule has 1 heterocycles. The second kappa shape index (κ2) is 5.80. The Morgan fingerprint density at radius 3 is 2.96 bits per heavy atom. The zero-order chi connectivity index (χ0) is 15.8. The number of hydrogen-bond donors (Lipinski definition) is 1. The van der Waals surface area contributed by atoms with Crippen LogP contribution in [0, 0.1) is 17.8 Å². The van der Waals surface area contributed by atoms with Crippen LogP contribution in [-0.4, -0.2) is 20.7 Å². The van der Waals surface area contributed by atoms with Crippen LogP contribution < -0.4 is 5.32 Å². The summed E-state index contributed by atoms with van der Waals surface area (Å²) in [5, 5.41) is 11.1. The van der Waals surface area contributed by atoms with Gasteiger partial charge < -0.3 is 9.88 Å². The fraction of sp³-hybridized carbons (Fsp3) is 0.500. The Morgan fingerprint density at radius 1 is 1.35 bits per heavy atom. The van der Waals surface area contributed by atoms with Gasteiger partial charge in [-0.3, -0.25) is 4.79 Å². The summed E-state index contributed by atoms with van der Waals surface area (Å²) in [6, 6.07) is 7.81. The van der Waals surface area contributed by atoms with Crippen LogP contribution in [-0.2, 0) is 11.8 Å². The van der Waals surface area contributed by atoms with E-state index in [1.165, 1.54) is 25.7 Å². The summed E-state index contributed by atoms with van der Waals surface area (Å²) in [6.07, 6.45) is 7.63. The van der Waals surface area contributed by atoms with Gasteiger partial charge in [0.2, 0.25) is 5.91 Å². The van der Waals surface area contributed by atoms with E-state index < -0.39 is 0 Å². The number of fused-ring (bicyclic) bond motifs is 2. The lowest BCUT2D eigenvalue weighted by molar-refractivity contribution is -0.117. The molecular formula is C18H22N4O. The molecule has 2 aliphatic carbocycles. The van der Waals surface area contributed by atoms with Crippen molar-refractivity contribution in [3.05, 3.63) is 30.6 Å². The number of nitrogens with zero attached hydrogens (tertiary/aromatic N) is 3. The molecule has 2 fully saturated rings. The molecule has 2 bridgehead atoms. The lowest BCUT2D eigenvalue weighted by atomic mass is 9.86. The van der Waals surface area contributed by atoms with Gasteiger partial charge in [-0.05, 0) is 49.1 Å². The van der Waals surface area contributed by atoms with Crippen molar-refractivity contribution >= 4 is 11.6 Å². The molecular weight excluding hydrogens is 288 g/mol. The first-order chi connectivity index (χ1) is 11.2. The number of anilines is 1. The summed E-state index contributed by atoms with van der Waals surface area (Å²) in [5.41, 5.74) is 1.79. The van der Waals surface area contributed by atoms with Crippen LogP contribution in [0.2, 0.25) is 0 Å². The molecule has 2 aromatic rings. The summed E-state index contributed by atoms with van der Waals surface area (Å²) >= 11 is 0. The summed E-state index contributed by atoms with van der Waals surface area (Å²) in [5.74, 6) is 3.20. The SMILES string of the molecule is Cn1cnnc1-c1cccc(NC(=O)C[C@@H]2C[C@H]3CC[C@H]2C3)c1. The number of amides is 1. The van der Waals surface area contributed by atoms with Gasteiger partial charge in [0.25, 0.3) is 0 Å². The van der Waals surface area contributed by atoms with Gasteiger partial charge in [0.05, 0.1) is 0 Å². The molecule has 2 saturated carbocycles. The number of aryl methyl sites for hydroxylation is 1. The molecule has 0 saturated heterocycles. The Bertz CT molecular complexity index is 723. The van der Waals surface area contributed by atoms with E-state index in [2.05, 4.69) is 15.5 Å². The fourth-order valence-electron chi connectivity index (χ4n) is 4.36. The van der Waals surface area contributed by atoms with Gasteiger partial charge in [0.1, 0.15) is 6.33 Å². The Kier molecular flexibility index (Phi) is 3.63. The monoisotopic (exact) mass is 310 g/mol. The van der Waals surface area contributed by atoms with Crippen LogP contribution in [0.4, 0.5) is 5.69 Å². The molecule has 4 rings (SSSR count). The standard InChI is InChI=1S/C18H22N4O/c1-22-11-19-21-18(22)14-3-2-4-16(9-14)20-17(23)10-15-8-12-5-6-13(15)7-12/h2-4,9,11-13,15H,5-8,10H2,1H3,(H,20,23)/t12-,13-,15-/m0/s1. The van der Waals surface area contributed by atoms with Gasteiger partial charge in [0.15, 0.2) is 5.82 Å². The molecule has 2 aliphatic rings. The molecule has 0 spiro atoms.